The highest BCUT2D eigenvalue weighted by Crippen LogP contribution is 2.50. The number of benzene rings is 3. The van der Waals surface area contributed by atoms with Gasteiger partial charge in [-0.3, -0.25) is 15.0 Å². The number of alkyl halides is 3. The number of para-hydroxylation sites is 1. The van der Waals surface area contributed by atoms with Gasteiger partial charge in [0, 0.05) is 29.2 Å². The summed E-state index contributed by atoms with van der Waals surface area (Å²) in [5, 5.41) is 9.28. The van der Waals surface area contributed by atoms with Crippen LogP contribution in [-0.2, 0) is 11.0 Å². The molecule has 6 rings (SSSR count). The van der Waals surface area contributed by atoms with Gasteiger partial charge in [-0.15, -0.1) is 0 Å². The topological polar surface area (TPSA) is 79.7 Å². The molecule has 6 nitrogen and oxygen atoms in total. The molecule has 3 aromatic rings. The van der Waals surface area contributed by atoms with Gasteiger partial charge in [-0.25, -0.2) is 0 Å². The van der Waals surface area contributed by atoms with Crippen molar-refractivity contribution in [2.45, 2.75) is 31.4 Å². The molecule has 39 heavy (non-hydrogen) atoms. The molecule has 0 fully saturated rings. The molecule has 0 amide bonds. The van der Waals surface area contributed by atoms with Crippen molar-refractivity contribution in [3.63, 3.8) is 0 Å². The first-order valence-corrected chi connectivity index (χ1v) is 12.6. The molecule has 0 saturated carbocycles. The Morgan fingerprint density at radius 2 is 1.64 bits per heavy atom. The molecule has 0 saturated heterocycles. The summed E-state index contributed by atoms with van der Waals surface area (Å²) in [6.07, 6.45) is -3.78. The summed E-state index contributed by atoms with van der Waals surface area (Å²) in [5.41, 5.74) is 0.244. The van der Waals surface area contributed by atoms with E-state index in [4.69, 9.17) is 9.47 Å². The third kappa shape index (κ3) is 4.18. The average molecular weight is 533 g/mol. The van der Waals surface area contributed by atoms with E-state index in [1.54, 1.807) is 48.5 Å². The number of carbonyl (C=O) groups is 2. The molecule has 0 spiro atoms. The van der Waals surface area contributed by atoms with Crippen molar-refractivity contribution in [1.29, 1.82) is 5.41 Å². The van der Waals surface area contributed by atoms with E-state index in [-0.39, 0.29) is 36.1 Å². The lowest BCUT2D eigenvalue weighted by Gasteiger charge is -2.44. The maximum atomic E-state index is 14.1. The molecule has 0 radical (unpaired) electrons. The zero-order chi connectivity index (χ0) is 27.3. The van der Waals surface area contributed by atoms with Crippen molar-refractivity contribution >= 4 is 23.1 Å². The van der Waals surface area contributed by atoms with E-state index in [2.05, 4.69) is 0 Å². The summed E-state index contributed by atoms with van der Waals surface area (Å²) in [7, 11) is 0. The molecule has 0 bridgehead atoms. The predicted molar refractivity (Wildman–Crippen MR) is 137 cm³/mol. The van der Waals surface area contributed by atoms with E-state index in [9.17, 15) is 28.2 Å². The number of ether oxygens (including phenoxy) is 2. The number of halogens is 3. The molecule has 2 heterocycles. The lowest BCUT2D eigenvalue weighted by molar-refractivity contribution is -0.137. The van der Waals surface area contributed by atoms with Gasteiger partial charge in [0.15, 0.2) is 23.1 Å². The van der Waals surface area contributed by atoms with Crippen molar-refractivity contribution < 1.29 is 32.2 Å². The summed E-state index contributed by atoms with van der Waals surface area (Å²) in [4.78, 5) is 28.8. The fourth-order valence-electron chi connectivity index (χ4n) is 5.75. The van der Waals surface area contributed by atoms with Crippen LogP contribution in [0.5, 0.6) is 11.5 Å². The van der Waals surface area contributed by atoms with Crippen LogP contribution in [0, 0.1) is 11.3 Å². The Morgan fingerprint density at radius 3 is 2.41 bits per heavy atom. The second-order valence-corrected chi connectivity index (χ2v) is 9.67. The highest BCUT2D eigenvalue weighted by atomic mass is 19.4. The highest BCUT2D eigenvalue weighted by Gasteiger charge is 2.49. The zero-order valence-electron chi connectivity index (χ0n) is 20.6. The van der Waals surface area contributed by atoms with Gasteiger partial charge in [-0.1, -0.05) is 48.5 Å². The van der Waals surface area contributed by atoms with Gasteiger partial charge >= 0.3 is 6.18 Å². The highest BCUT2D eigenvalue weighted by molar-refractivity contribution is 6.21. The Balaban J connectivity index is 1.62. The Kier molecular flexibility index (Phi) is 6.01. The third-order valence-corrected chi connectivity index (χ3v) is 7.43. The van der Waals surface area contributed by atoms with Crippen molar-refractivity contribution in [3.05, 3.63) is 101 Å². The monoisotopic (exact) mass is 532 g/mol. The minimum Gasteiger partial charge on any atom is -0.454 e. The van der Waals surface area contributed by atoms with Crippen LogP contribution in [0.2, 0.25) is 0 Å². The van der Waals surface area contributed by atoms with Crippen LogP contribution in [0.15, 0.2) is 84.1 Å². The molecule has 1 aliphatic carbocycles. The number of nitrogens with zero attached hydrogens (tertiary/aromatic N) is 1. The quantitative estimate of drug-likeness (QED) is 0.387. The van der Waals surface area contributed by atoms with Crippen LogP contribution >= 0.6 is 0 Å². The van der Waals surface area contributed by atoms with Crippen molar-refractivity contribution in [2.75, 3.05) is 11.7 Å². The molecular formula is C30H23F3N2O4. The maximum absolute atomic E-state index is 14.1. The van der Waals surface area contributed by atoms with E-state index in [1.165, 1.54) is 23.1 Å². The second kappa shape index (κ2) is 9.41. The van der Waals surface area contributed by atoms with Crippen LogP contribution in [0.4, 0.5) is 18.9 Å². The molecule has 2 unspecified atom stereocenters. The van der Waals surface area contributed by atoms with Crippen LogP contribution in [0.3, 0.4) is 0 Å². The van der Waals surface area contributed by atoms with Crippen LogP contribution in [0.25, 0.3) is 0 Å². The van der Waals surface area contributed by atoms with Gasteiger partial charge in [0.1, 0.15) is 5.84 Å². The summed E-state index contributed by atoms with van der Waals surface area (Å²) < 4.78 is 53.4. The number of allylic oxidation sites excluding steroid dienone is 2. The van der Waals surface area contributed by atoms with Crippen molar-refractivity contribution in [1.82, 2.24) is 0 Å². The first-order valence-electron chi connectivity index (χ1n) is 12.6. The third-order valence-electron chi connectivity index (χ3n) is 7.43. The minimum absolute atomic E-state index is 0.0283. The SMILES string of the molecule is N=C1C(C(=O)c2ccccc2)C(c2ccc3c(c2)OCO3)C2=C(CCCC2=O)N1c1ccccc1C(F)(F)F. The van der Waals surface area contributed by atoms with Gasteiger partial charge in [-0.05, 0) is 42.7 Å². The second-order valence-electron chi connectivity index (χ2n) is 9.67. The molecule has 0 aromatic heterocycles. The molecule has 2 aliphatic heterocycles. The van der Waals surface area contributed by atoms with Crippen molar-refractivity contribution in [3.8, 4) is 11.5 Å². The number of hydrogen-bond donors (Lipinski definition) is 1. The van der Waals surface area contributed by atoms with Crippen LogP contribution in [0.1, 0.15) is 46.7 Å². The molecule has 198 valence electrons. The standard InChI is InChI=1S/C30H23F3N2O4/c31-30(32,33)19-9-4-5-10-20(19)35-21-11-6-12-22(36)26(21)25(18-13-14-23-24(15-18)39-16-38-23)27(29(35)34)28(37)17-7-2-1-3-8-17/h1-5,7-10,13-15,25,27,34H,6,11-12,16H2. The number of carbonyl (C=O) groups excluding carboxylic acids is 2. The normalized spacial score (nSPS) is 20.7. The smallest absolute Gasteiger partial charge is 0.418 e. The zero-order valence-corrected chi connectivity index (χ0v) is 20.6. The lowest BCUT2D eigenvalue weighted by Crippen LogP contribution is -2.49. The number of amidine groups is 1. The van der Waals surface area contributed by atoms with E-state index in [0.29, 0.717) is 41.2 Å². The Labute approximate surface area is 222 Å². The number of Topliss-reactive ketones (excluding diaryl/α,β-unsaturated/α-hetero) is 2. The van der Waals surface area contributed by atoms with Gasteiger partial charge in [0.2, 0.25) is 6.79 Å². The fourth-order valence-corrected chi connectivity index (χ4v) is 5.75. The largest absolute Gasteiger partial charge is 0.454 e. The average Bonchev–Trinajstić information content (AvgIpc) is 3.40. The van der Waals surface area contributed by atoms with Crippen LogP contribution in [-0.4, -0.2) is 24.2 Å². The summed E-state index contributed by atoms with van der Waals surface area (Å²) >= 11 is 0. The number of anilines is 1. The fraction of sp³-hybridized carbons (Fsp3) is 0.233. The molecule has 3 aromatic carbocycles. The predicted octanol–water partition coefficient (Wildman–Crippen LogP) is 6.52. The summed E-state index contributed by atoms with van der Waals surface area (Å²) in [6.45, 7) is 0.0283. The van der Waals surface area contributed by atoms with Crippen molar-refractivity contribution in [2.24, 2.45) is 5.92 Å². The lowest BCUT2D eigenvalue weighted by atomic mass is 9.69. The van der Waals surface area contributed by atoms with Gasteiger partial charge in [0.05, 0.1) is 17.2 Å². The number of nitrogens with one attached hydrogen (secondary N) is 1. The Bertz CT molecular complexity index is 1530. The molecule has 9 heteroatoms. The molecule has 3 aliphatic rings. The first-order chi connectivity index (χ1) is 18.8. The number of ketones is 2. The molecular weight excluding hydrogens is 509 g/mol. The maximum Gasteiger partial charge on any atom is 0.418 e. The van der Waals surface area contributed by atoms with E-state index < -0.39 is 29.4 Å². The summed E-state index contributed by atoms with van der Waals surface area (Å²) in [6, 6.07) is 18.4. The first kappa shape index (κ1) is 24.9. The van der Waals surface area contributed by atoms with E-state index >= 15 is 0 Å². The number of fused-ring (bicyclic) bond motifs is 1. The van der Waals surface area contributed by atoms with Gasteiger partial charge < -0.3 is 14.4 Å². The van der Waals surface area contributed by atoms with E-state index in [0.717, 1.165) is 6.07 Å². The Morgan fingerprint density at radius 1 is 0.923 bits per heavy atom. The van der Waals surface area contributed by atoms with Crippen LogP contribution < -0.4 is 14.4 Å². The number of hydrogen-bond acceptors (Lipinski definition) is 5. The van der Waals surface area contributed by atoms with Gasteiger partial charge in [-0.2, -0.15) is 13.2 Å². The molecule has 1 N–H and O–H groups in total. The van der Waals surface area contributed by atoms with E-state index in [1.807, 2.05) is 0 Å². The number of rotatable bonds is 4. The minimum atomic E-state index is -4.70. The summed E-state index contributed by atoms with van der Waals surface area (Å²) in [5.74, 6) is -2.18. The van der Waals surface area contributed by atoms with Gasteiger partial charge in [0.25, 0.3) is 0 Å². The Hall–Kier alpha value is -4.40. The molecule has 2 atom stereocenters.